The zero-order chi connectivity index (χ0) is 22.2. The van der Waals surface area contributed by atoms with Gasteiger partial charge in [0.1, 0.15) is 11.8 Å². The van der Waals surface area contributed by atoms with Crippen molar-refractivity contribution in [1.82, 2.24) is 15.1 Å². The van der Waals surface area contributed by atoms with Gasteiger partial charge in [0.05, 0.1) is 19.8 Å². The van der Waals surface area contributed by atoms with Gasteiger partial charge in [-0.15, -0.1) is 0 Å². The van der Waals surface area contributed by atoms with Crippen LogP contribution in [0.1, 0.15) is 44.0 Å². The molecule has 2 aliphatic rings. The van der Waals surface area contributed by atoms with Crippen LogP contribution in [0.15, 0.2) is 24.3 Å². The van der Waals surface area contributed by atoms with Crippen LogP contribution in [0.2, 0.25) is 0 Å². The number of likely N-dealkylation sites (tertiary alicyclic amines) is 1. The average molecular weight is 432 g/mol. The molecule has 3 rings (SSSR count). The summed E-state index contributed by atoms with van der Waals surface area (Å²) in [7, 11) is 0. The summed E-state index contributed by atoms with van der Waals surface area (Å²) in [5, 5.41) is 2.97. The number of carbonyl (C=O) groups is 2. The van der Waals surface area contributed by atoms with E-state index in [1.54, 1.807) is 24.3 Å². The van der Waals surface area contributed by atoms with Crippen LogP contribution in [0, 0.1) is 11.8 Å². The number of amides is 2. The molecular weight excluding hydrogens is 394 g/mol. The van der Waals surface area contributed by atoms with Crippen LogP contribution >= 0.6 is 0 Å². The first-order valence-corrected chi connectivity index (χ1v) is 11.6. The largest absolute Gasteiger partial charge is 0.494 e. The van der Waals surface area contributed by atoms with Crippen LogP contribution in [0.5, 0.6) is 5.75 Å². The van der Waals surface area contributed by atoms with Gasteiger partial charge in [0.25, 0.3) is 5.91 Å². The summed E-state index contributed by atoms with van der Waals surface area (Å²) < 4.78 is 10.9. The summed E-state index contributed by atoms with van der Waals surface area (Å²) >= 11 is 0. The molecule has 0 aromatic heterocycles. The first-order valence-electron chi connectivity index (χ1n) is 11.6. The van der Waals surface area contributed by atoms with Crippen molar-refractivity contribution in [2.24, 2.45) is 11.8 Å². The van der Waals surface area contributed by atoms with Crippen molar-refractivity contribution in [3.8, 4) is 5.75 Å². The van der Waals surface area contributed by atoms with E-state index in [2.05, 4.69) is 10.2 Å². The van der Waals surface area contributed by atoms with Gasteiger partial charge in [-0.3, -0.25) is 14.5 Å². The second-order valence-corrected chi connectivity index (χ2v) is 8.83. The van der Waals surface area contributed by atoms with Gasteiger partial charge in [0, 0.05) is 38.3 Å². The summed E-state index contributed by atoms with van der Waals surface area (Å²) in [4.78, 5) is 30.4. The summed E-state index contributed by atoms with van der Waals surface area (Å²) in [5.41, 5.74) is 0.533. The Morgan fingerprint density at radius 1 is 1.10 bits per heavy atom. The minimum absolute atomic E-state index is 0.0187. The fraction of sp³-hybridized carbons (Fsp3) is 0.667. The van der Waals surface area contributed by atoms with Crippen LogP contribution in [-0.2, 0) is 9.53 Å². The summed E-state index contributed by atoms with van der Waals surface area (Å²) in [5.74, 6) is 1.18. The first-order chi connectivity index (χ1) is 15.0. The van der Waals surface area contributed by atoms with Gasteiger partial charge in [0.15, 0.2) is 0 Å². The van der Waals surface area contributed by atoms with Crippen LogP contribution in [-0.4, -0.2) is 80.2 Å². The molecule has 1 unspecified atom stereocenters. The Bertz CT molecular complexity index is 708. The molecule has 7 nitrogen and oxygen atoms in total. The monoisotopic (exact) mass is 431 g/mol. The van der Waals surface area contributed by atoms with Gasteiger partial charge in [-0.05, 0) is 55.9 Å². The minimum Gasteiger partial charge on any atom is -0.494 e. The fourth-order valence-corrected chi connectivity index (χ4v) is 4.29. The average Bonchev–Trinajstić information content (AvgIpc) is 2.78. The topological polar surface area (TPSA) is 71.1 Å². The minimum atomic E-state index is -0.519. The van der Waals surface area contributed by atoms with Crippen LogP contribution < -0.4 is 10.1 Å². The van der Waals surface area contributed by atoms with Gasteiger partial charge >= 0.3 is 0 Å². The second kappa shape index (κ2) is 11.5. The highest BCUT2D eigenvalue weighted by molar-refractivity contribution is 5.97. The van der Waals surface area contributed by atoms with Crippen molar-refractivity contribution < 1.29 is 19.1 Å². The predicted octanol–water partition coefficient (Wildman–Crippen LogP) is 2.41. The molecule has 0 aliphatic carbocycles. The summed E-state index contributed by atoms with van der Waals surface area (Å²) in [6.45, 7) is 12.7. The molecular formula is C24H37N3O4. The normalized spacial score (nSPS) is 19.3. The number of nitrogens with zero attached hydrogens (tertiary/aromatic N) is 2. The molecule has 0 radical (unpaired) electrons. The Labute approximate surface area is 186 Å². The Hall–Kier alpha value is -2.12. The van der Waals surface area contributed by atoms with Crippen LogP contribution in [0.3, 0.4) is 0 Å². The maximum atomic E-state index is 13.2. The molecule has 31 heavy (non-hydrogen) atoms. The number of hydrogen-bond donors (Lipinski definition) is 1. The standard InChI is InChI=1S/C24H37N3O4/c1-4-31-21-7-5-20(6-8-21)23(28)25-22(18(2)3)24(29)27-11-9-19(10-12-27)17-26-13-15-30-16-14-26/h5-8,18-19,22H,4,9-17H2,1-3H3,(H,25,28). The number of nitrogens with one attached hydrogen (secondary N) is 1. The molecule has 2 aliphatic heterocycles. The van der Waals surface area contributed by atoms with Gasteiger partial charge in [0.2, 0.25) is 5.91 Å². The lowest BCUT2D eigenvalue weighted by Gasteiger charge is -2.37. The molecule has 172 valence electrons. The number of benzene rings is 1. The number of rotatable bonds is 8. The third kappa shape index (κ3) is 6.68. The third-order valence-electron chi connectivity index (χ3n) is 6.19. The van der Waals surface area contributed by atoms with Crippen molar-refractivity contribution in [1.29, 1.82) is 0 Å². The predicted molar refractivity (Wildman–Crippen MR) is 120 cm³/mol. The molecule has 1 aromatic carbocycles. The number of morpholine rings is 1. The van der Waals surface area contributed by atoms with Crippen LogP contribution in [0.25, 0.3) is 0 Å². The van der Waals surface area contributed by atoms with E-state index < -0.39 is 6.04 Å². The van der Waals surface area contributed by atoms with Crippen molar-refractivity contribution >= 4 is 11.8 Å². The van der Waals surface area contributed by atoms with E-state index in [1.165, 1.54) is 0 Å². The lowest BCUT2D eigenvalue weighted by Crippen LogP contribution is -2.53. The second-order valence-electron chi connectivity index (χ2n) is 8.83. The summed E-state index contributed by atoms with van der Waals surface area (Å²) in [6, 6.07) is 6.52. The lowest BCUT2D eigenvalue weighted by atomic mass is 9.94. The molecule has 0 saturated carbocycles. The summed E-state index contributed by atoms with van der Waals surface area (Å²) in [6.07, 6.45) is 2.03. The van der Waals surface area contributed by atoms with Crippen molar-refractivity contribution in [2.75, 3.05) is 52.5 Å². The van der Waals surface area contributed by atoms with Gasteiger partial charge in [-0.25, -0.2) is 0 Å². The van der Waals surface area contributed by atoms with E-state index in [4.69, 9.17) is 9.47 Å². The Morgan fingerprint density at radius 2 is 1.74 bits per heavy atom. The van der Waals surface area contributed by atoms with E-state index in [0.717, 1.165) is 64.5 Å². The number of hydrogen-bond acceptors (Lipinski definition) is 5. The quantitative estimate of drug-likeness (QED) is 0.685. The van der Waals surface area contributed by atoms with Crippen molar-refractivity contribution in [3.05, 3.63) is 29.8 Å². The number of ether oxygens (including phenoxy) is 2. The molecule has 2 fully saturated rings. The van der Waals surface area contributed by atoms with E-state index in [0.29, 0.717) is 18.1 Å². The van der Waals surface area contributed by atoms with Gasteiger partial charge in [-0.1, -0.05) is 13.8 Å². The maximum Gasteiger partial charge on any atom is 0.251 e. The van der Waals surface area contributed by atoms with E-state index in [-0.39, 0.29) is 17.7 Å². The van der Waals surface area contributed by atoms with E-state index in [9.17, 15) is 9.59 Å². The SMILES string of the molecule is CCOc1ccc(C(=O)NC(C(=O)N2CCC(CN3CCOCC3)CC2)C(C)C)cc1. The first kappa shape index (κ1) is 23.5. The zero-order valence-electron chi connectivity index (χ0n) is 19.1. The molecule has 1 N–H and O–H groups in total. The third-order valence-corrected chi connectivity index (χ3v) is 6.19. The molecule has 2 saturated heterocycles. The molecule has 0 bridgehead atoms. The van der Waals surface area contributed by atoms with E-state index in [1.807, 2.05) is 25.7 Å². The molecule has 2 heterocycles. The highest BCUT2D eigenvalue weighted by atomic mass is 16.5. The smallest absolute Gasteiger partial charge is 0.251 e. The highest BCUT2D eigenvalue weighted by Gasteiger charge is 2.32. The fourth-order valence-electron chi connectivity index (χ4n) is 4.29. The molecule has 7 heteroatoms. The Balaban J connectivity index is 1.52. The zero-order valence-corrected chi connectivity index (χ0v) is 19.1. The maximum absolute atomic E-state index is 13.2. The molecule has 0 spiro atoms. The lowest BCUT2D eigenvalue weighted by molar-refractivity contribution is -0.135. The molecule has 1 atom stereocenters. The van der Waals surface area contributed by atoms with Gasteiger partial charge < -0.3 is 19.7 Å². The van der Waals surface area contributed by atoms with Crippen molar-refractivity contribution in [3.63, 3.8) is 0 Å². The van der Waals surface area contributed by atoms with Gasteiger partial charge in [-0.2, -0.15) is 0 Å². The van der Waals surface area contributed by atoms with Crippen molar-refractivity contribution in [2.45, 2.75) is 39.7 Å². The molecule has 2 amide bonds. The molecule has 1 aromatic rings. The highest BCUT2D eigenvalue weighted by Crippen LogP contribution is 2.21. The Morgan fingerprint density at radius 3 is 2.32 bits per heavy atom. The number of piperidine rings is 1. The Kier molecular flexibility index (Phi) is 8.72. The number of carbonyl (C=O) groups excluding carboxylic acids is 2. The van der Waals surface area contributed by atoms with Crippen LogP contribution in [0.4, 0.5) is 0 Å². The van der Waals surface area contributed by atoms with E-state index >= 15 is 0 Å².